The Kier molecular flexibility index (Phi) is 10.7. The van der Waals surface area contributed by atoms with Gasteiger partial charge in [0.05, 0.1) is 14.2 Å². The molecule has 0 fully saturated rings. The Hall–Kier alpha value is -2.00. The molecule has 0 heterocycles. The van der Waals surface area contributed by atoms with E-state index in [1.165, 1.54) is 11.1 Å². The van der Waals surface area contributed by atoms with E-state index in [0.29, 0.717) is 13.1 Å². The van der Waals surface area contributed by atoms with Gasteiger partial charge in [-0.05, 0) is 37.4 Å². The molecule has 0 unspecified atom stereocenters. The number of nitrogens with zero attached hydrogens (tertiary/aromatic N) is 2. The molecule has 154 valence electrons. The molecule has 0 aliphatic heterocycles. The van der Waals surface area contributed by atoms with Gasteiger partial charge >= 0.3 is 0 Å². The van der Waals surface area contributed by atoms with Gasteiger partial charge in [0.1, 0.15) is 11.5 Å². The lowest BCUT2D eigenvalue weighted by Crippen LogP contribution is -2.36. The quantitative estimate of drug-likeness (QED) is 0.333. The van der Waals surface area contributed by atoms with E-state index in [2.05, 4.69) is 58.9 Å². The highest BCUT2D eigenvalue weighted by Crippen LogP contribution is 2.24. The predicted octanol–water partition coefficient (Wildman–Crippen LogP) is 3.25. The van der Waals surface area contributed by atoms with Crippen LogP contribution in [0.15, 0.2) is 47.5 Å². The van der Waals surface area contributed by atoms with Gasteiger partial charge in [-0.1, -0.05) is 24.3 Å². The maximum atomic E-state index is 5.44. The van der Waals surface area contributed by atoms with Gasteiger partial charge in [-0.25, -0.2) is 0 Å². The monoisotopic (exact) mass is 498 g/mol. The van der Waals surface area contributed by atoms with Crippen LogP contribution < -0.4 is 20.1 Å². The molecule has 0 bridgehead atoms. The van der Waals surface area contributed by atoms with Crippen LogP contribution in [-0.2, 0) is 19.6 Å². The molecule has 6 nitrogen and oxygen atoms in total. The molecule has 0 radical (unpaired) electrons. The van der Waals surface area contributed by atoms with E-state index in [0.717, 1.165) is 29.6 Å². The van der Waals surface area contributed by atoms with Crippen molar-refractivity contribution in [2.24, 2.45) is 4.99 Å². The summed E-state index contributed by atoms with van der Waals surface area (Å²) in [5.41, 5.74) is 3.55. The van der Waals surface area contributed by atoms with Gasteiger partial charge < -0.3 is 25.0 Å². The largest absolute Gasteiger partial charge is 0.497 e. The molecular weight excluding hydrogens is 467 g/mol. The van der Waals surface area contributed by atoms with E-state index in [9.17, 15) is 0 Å². The van der Waals surface area contributed by atoms with Gasteiger partial charge in [-0.3, -0.25) is 4.99 Å². The summed E-state index contributed by atoms with van der Waals surface area (Å²) in [6.45, 7) is 2.26. The maximum Gasteiger partial charge on any atom is 0.191 e. The van der Waals surface area contributed by atoms with Crippen molar-refractivity contribution in [1.29, 1.82) is 0 Å². The van der Waals surface area contributed by atoms with Crippen LogP contribution in [0.5, 0.6) is 11.5 Å². The predicted molar refractivity (Wildman–Crippen MR) is 126 cm³/mol. The lowest BCUT2D eigenvalue weighted by molar-refractivity contribution is 0.390. The van der Waals surface area contributed by atoms with Crippen LogP contribution in [0.25, 0.3) is 0 Å². The summed E-state index contributed by atoms with van der Waals surface area (Å²) in [6.07, 6.45) is 0. The van der Waals surface area contributed by atoms with Gasteiger partial charge in [0.15, 0.2) is 5.96 Å². The molecule has 7 heteroatoms. The maximum absolute atomic E-state index is 5.44. The third-order valence-electron chi connectivity index (χ3n) is 4.15. The number of methoxy groups -OCH3 is 2. The Morgan fingerprint density at radius 2 is 1.57 bits per heavy atom. The SMILES string of the molecule is CN=C(NCc1ccc(CN(C)C)cc1)NCc1ccc(OC)cc1OC.I. The molecule has 2 aromatic rings. The lowest BCUT2D eigenvalue weighted by Gasteiger charge is -2.15. The minimum absolute atomic E-state index is 0. The summed E-state index contributed by atoms with van der Waals surface area (Å²) in [4.78, 5) is 6.45. The van der Waals surface area contributed by atoms with Crippen molar-refractivity contribution in [3.63, 3.8) is 0 Å². The summed E-state index contributed by atoms with van der Waals surface area (Å²) in [5.74, 6) is 2.30. The third kappa shape index (κ3) is 7.55. The fourth-order valence-corrected chi connectivity index (χ4v) is 2.71. The number of halogens is 1. The van der Waals surface area contributed by atoms with Crippen molar-refractivity contribution < 1.29 is 9.47 Å². The molecule has 28 heavy (non-hydrogen) atoms. The number of aliphatic imine (C=N–C) groups is 1. The summed E-state index contributed by atoms with van der Waals surface area (Å²) in [5, 5.41) is 6.66. The zero-order valence-corrected chi connectivity index (χ0v) is 19.6. The van der Waals surface area contributed by atoms with E-state index >= 15 is 0 Å². The van der Waals surface area contributed by atoms with E-state index in [4.69, 9.17) is 9.47 Å². The van der Waals surface area contributed by atoms with Crippen LogP contribution in [0, 0.1) is 0 Å². The van der Waals surface area contributed by atoms with Crippen LogP contribution in [0.2, 0.25) is 0 Å². The standard InChI is InChI=1S/C21H30N4O2.HI/c1-22-21(23-13-16-6-8-17(9-7-16)15-25(2)3)24-14-18-10-11-19(26-4)12-20(18)27-5;/h6-12H,13-15H2,1-5H3,(H2,22,23,24);1H. The van der Waals surface area contributed by atoms with Crippen molar-refractivity contribution in [2.45, 2.75) is 19.6 Å². The first-order valence-corrected chi connectivity index (χ1v) is 8.93. The molecule has 0 amide bonds. The van der Waals surface area contributed by atoms with Gasteiger partial charge in [0, 0.05) is 38.3 Å². The van der Waals surface area contributed by atoms with E-state index < -0.39 is 0 Å². The lowest BCUT2D eigenvalue weighted by atomic mass is 10.1. The van der Waals surface area contributed by atoms with E-state index in [1.54, 1.807) is 21.3 Å². The molecular formula is C21H31IN4O2. The highest BCUT2D eigenvalue weighted by molar-refractivity contribution is 14.0. The average Bonchev–Trinajstić information content (AvgIpc) is 2.68. The van der Waals surface area contributed by atoms with Crippen molar-refractivity contribution >= 4 is 29.9 Å². The third-order valence-corrected chi connectivity index (χ3v) is 4.15. The second-order valence-corrected chi connectivity index (χ2v) is 6.51. The molecule has 0 saturated carbocycles. The minimum atomic E-state index is 0. The van der Waals surface area contributed by atoms with Crippen molar-refractivity contribution in [3.8, 4) is 11.5 Å². The molecule has 2 aromatic carbocycles. The van der Waals surface area contributed by atoms with Gasteiger partial charge in [-0.15, -0.1) is 24.0 Å². The molecule has 0 atom stereocenters. The number of ether oxygens (including phenoxy) is 2. The normalized spacial score (nSPS) is 11.0. The number of nitrogens with one attached hydrogen (secondary N) is 2. The number of hydrogen-bond acceptors (Lipinski definition) is 4. The Balaban J connectivity index is 0.00000392. The number of benzene rings is 2. The minimum Gasteiger partial charge on any atom is -0.497 e. The first kappa shape index (κ1) is 24.0. The number of hydrogen-bond donors (Lipinski definition) is 2. The molecule has 0 aliphatic carbocycles. The summed E-state index contributed by atoms with van der Waals surface area (Å²) >= 11 is 0. The van der Waals surface area contributed by atoms with Crippen molar-refractivity contribution in [2.75, 3.05) is 35.4 Å². The second kappa shape index (κ2) is 12.5. The summed E-state index contributed by atoms with van der Waals surface area (Å²) in [6, 6.07) is 14.4. The molecule has 2 N–H and O–H groups in total. The first-order chi connectivity index (χ1) is 13.0. The fourth-order valence-electron chi connectivity index (χ4n) is 2.71. The van der Waals surface area contributed by atoms with Crippen LogP contribution >= 0.6 is 24.0 Å². The van der Waals surface area contributed by atoms with Crippen LogP contribution in [0.3, 0.4) is 0 Å². The Morgan fingerprint density at radius 1 is 0.929 bits per heavy atom. The summed E-state index contributed by atoms with van der Waals surface area (Å²) < 4.78 is 10.7. The highest BCUT2D eigenvalue weighted by atomic mass is 127. The molecule has 0 aliphatic rings. The van der Waals surface area contributed by atoms with Crippen LogP contribution in [0.1, 0.15) is 16.7 Å². The molecule has 0 saturated heterocycles. The number of guanidine groups is 1. The first-order valence-electron chi connectivity index (χ1n) is 8.93. The van der Waals surface area contributed by atoms with Crippen LogP contribution in [-0.4, -0.2) is 46.2 Å². The van der Waals surface area contributed by atoms with Crippen LogP contribution in [0.4, 0.5) is 0 Å². The van der Waals surface area contributed by atoms with Gasteiger partial charge in [0.25, 0.3) is 0 Å². The van der Waals surface area contributed by atoms with Gasteiger partial charge in [0.2, 0.25) is 0 Å². The Morgan fingerprint density at radius 3 is 2.14 bits per heavy atom. The zero-order chi connectivity index (χ0) is 19.6. The molecule has 2 rings (SSSR count). The van der Waals surface area contributed by atoms with E-state index in [-0.39, 0.29) is 24.0 Å². The molecule has 0 spiro atoms. The van der Waals surface area contributed by atoms with E-state index in [1.807, 2.05) is 18.2 Å². The van der Waals surface area contributed by atoms with Crippen molar-refractivity contribution in [3.05, 3.63) is 59.2 Å². The van der Waals surface area contributed by atoms with Crippen molar-refractivity contribution in [1.82, 2.24) is 15.5 Å². The number of rotatable bonds is 8. The second-order valence-electron chi connectivity index (χ2n) is 6.51. The Labute approximate surface area is 185 Å². The van der Waals surface area contributed by atoms with Gasteiger partial charge in [-0.2, -0.15) is 0 Å². The zero-order valence-electron chi connectivity index (χ0n) is 17.3. The molecule has 0 aromatic heterocycles. The highest BCUT2D eigenvalue weighted by Gasteiger charge is 2.06. The summed E-state index contributed by atoms with van der Waals surface area (Å²) in [7, 11) is 9.21. The topological polar surface area (TPSA) is 58.1 Å². The smallest absolute Gasteiger partial charge is 0.191 e. The fraction of sp³-hybridized carbons (Fsp3) is 0.381. The Bertz CT molecular complexity index is 749. The average molecular weight is 498 g/mol.